The van der Waals surface area contributed by atoms with E-state index < -0.39 is 0 Å². The van der Waals surface area contributed by atoms with Crippen LogP contribution in [0.1, 0.15) is 18.9 Å². The number of thiazole rings is 1. The Balaban J connectivity index is 1.81. The number of anilines is 2. The molecule has 0 atom stereocenters. The molecule has 3 aromatic rings. The van der Waals surface area contributed by atoms with Crippen molar-refractivity contribution in [1.82, 2.24) is 4.98 Å². The SMILES string of the molecule is CCCc1ccc(Nc2nc3cc(Cl)ccc3s2)cc1. The summed E-state index contributed by atoms with van der Waals surface area (Å²) in [4.78, 5) is 4.55. The predicted octanol–water partition coefficient (Wildman–Crippen LogP) is 5.65. The summed E-state index contributed by atoms with van der Waals surface area (Å²) in [6.45, 7) is 2.19. The smallest absolute Gasteiger partial charge is 0.188 e. The minimum Gasteiger partial charge on any atom is -0.332 e. The van der Waals surface area contributed by atoms with Crippen molar-refractivity contribution in [2.45, 2.75) is 19.8 Å². The zero-order chi connectivity index (χ0) is 13.9. The fourth-order valence-corrected chi connectivity index (χ4v) is 3.15. The minimum atomic E-state index is 0.721. The molecule has 0 aliphatic rings. The van der Waals surface area contributed by atoms with E-state index >= 15 is 0 Å². The molecule has 1 heterocycles. The van der Waals surface area contributed by atoms with Crippen molar-refractivity contribution in [3.63, 3.8) is 0 Å². The Morgan fingerprint density at radius 1 is 1.15 bits per heavy atom. The molecule has 3 rings (SSSR count). The highest BCUT2D eigenvalue weighted by Gasteiger charge is 2.04. The van der Waals surface area contributed by atoms with Crippen LogP contribution in [0.5, 0.6) is 0 Å². The molecular formula is C16H15ClN2S. The number of aromatic nitrogens is 1. The topological polar surface area (TPSA) is 24.9 Å². The second-order valence-corrected chi connectivity index (χ2v) is 6.17. The lowest BCUT2D eigenvalue weighted by molar-refractivity contribution is 0.922. The van der Waals surface area contributed by atoms with E-state index in [2.05, 4.69) is 41.5 Å². The quantitative estimate of drug-likeness (QED) is 0.674. The van der Waals surface area contributed by atoms with Crippen LogP contribution in [0, 0.1) is 0 Å². The van der Waals surface area contributed by atoms with Crippen molar-refractivity contribution < 1.29 is 0 Å². The third kappa shape index (κ3) is 2.94. The van der Waals surface area contributed by atoms with Crippen LogP contribution in [0.2, 0.25) is 5.02 Å². The Morgan fingerprint density at radius 3 is 2.70 bits per heavy atom. The van der Waals surface area contributed by atoms with Gasteiger partial charge in [-0.05, 0) is 42.3 Å². The van der Waals surface area contributed by atoms with Crippen LogP contribution in [-0.4, -0.2) is 4.98 Å². The number of benzene rings is 2. The number of hydrogen-bond donors (Lipinski definition) is 1. The zero-order valence-electron chi connectivity index (χ0n) is 11.2. The second kappa shape index (κ2) is 5.81. The normalized spacial score (nSPS) is 10.9. The highest BCUT2D eigenvalue weighted by atomic mass is 35.5. The molecule has 0 aliphatic carbocycles. The van der Waals surface area contributed by atoms with Crippen molar-refractivity contribution in [2.24, 2.45) is 0 Å². The maximum absolute atomic E-state index is 5.98. The van der Waals surface area contributed by atoms with Crippen LogP contribution in [-0.2, 0) is 6.42 Å². The molecular weight excluding hydrogens is 288 g/mol. The molecule has 2 aromatic carbocycles. The highest BCUT2D eigenvalue weighted by Crippen LogP contribution is 2.30. The van der Waals surface area contributed by atoms with E-state index in [4.69, 9.17) is 11.6 Å². The third-order valence-electron chi connectivity index (χ3n) is 3.09. The summed E-state index contributed by atoms with van der Waals surface area (Å²) in [5, 5.41) is 4.96. The molecule has 0 amide bonds. The van der Waals surface area contributed by atoms with Crippen LogP contribution in [0.15, 0.2) is 42.5 Å². The van der Waals surface area contributed by atoms with E-state index in [9.17, 15) is 0 Å². The van der Waals surface area contributed by atoms with Gasteiger partial charge in [-0.1, -0.05) is 48.4 Å². The molecule has 0 saturated carbocycles. The van der Waals surface area contributed by atoms with Gasteiger partial charge in [-0.3, -0.25) is 0 Å². The van der Waals surface area contributed by atoms with Gasteiger partial charge in [-0.25, -0.2) is 4.98 Å². The van der Waals surface area contributed by atoms with E-state index in [0.717, 1.165) is 32.5 Å². The molecule has 2 nitrogen and oxygen atoms in total. The van der Waals surface area contributed by atoms with Gasteiger partial charge in [-0.15, -0.1) is 0 Å². The summed E-state index contributed by atoms with van der Waals surface area (Å²) in [6.07, 6.45) is 2.30. The fourth-order valence-electron chi connectivity index (χ4n) is 2.12. The Bertz CT molecular complexity index is 719. The lowest BCUT2D eigenvalue weighted by Crippen LogP contribution is -1.90. The van der Waals surface area contributed by atoms with Crippen molar-refractivity contribution in [3.05, 3.63) is 53.1 Å². The molecule has 0 saturated heterocycles. The molecule has 0 spiro atoms. The summed E-state index contributed by atoms with van der Waals surface area (Å²) in [5.74, 6) is 0. The Morgan fingerprint density at radius 2 is 1.95 bits per heavy atom. The average Bonchev–Trinajstić information content (AvgIpc) is 2.82. The molecule has 102 valence electrons. The molecule has 0 aliphatic heterocycles. The zero-order valence-corrected chi connectivity index (χ0v) is 12.8. The summed E-state index contributed by atoms with van der Waals surface area (Å²) >= 11 is 7.61. The lowest BCUT2D eigenvalue weighted by atomic mass is 10.1. The predicted molar refractivity (Wildman–Crippen MR) is 88.3 cm³/mol. The van der Waals surface area contributed by atoms with Crippen LogP contribution < -0.4 is 5.32 Å². The lowest BCUT2D eigenvalue weighted by Gasteiger charge is -2.03. The van der Waals surface area contributed by atoms with Crippen molar-refractivity contribution in [3.8, 4) is 0 Å². The van der Waals surface area contributed by atoms with E-state index in [-0.39, 0.29) is 0 Å². The average molecular weight is 303 g/mol. The molecule has 1 aromatic heterocycles. The van der Waals surface area contributed by atoms with E-state index in [0.29, 0.717) is 0 Å². The molecule has 1 N–H and O–H groups in total. The number of aryl methyl sites for hydroxylation is 1. The summed E-state index contributed by atoms with van der Waals surface area (Å²) in [6, 6.07) is 14.3. The maximum Gasteiger partial charge on any atom is 0.188 e. The van der Waals surface area contributed by atoms with Crippen molar-refractivity contribution >= 4 is 44.0 Å². The maximum atomic E-state index is 5.98. The largest absolute Gasteiger partial charge is 0.332 e. The summed E-state index contributed by atoms with van der Waals surface area (Å²) in [5.41, 5.74) is 3.37. The van der Waals surface area contributed by atoms with E-state index in [1.54, 1.807) is 11.3 Å². The number of nitrogens with one attached hydrogen (secondary N) is 1. The van der Waals surface area contributed by atoms with Gasteiger partial charge in [0.05, 0.1) is 10.2 Å². The summed E-state index contributed by atoms with van der Waals surface area (Å²) < 4.78 is 1.14. The first-order valence-corrected chi connectivity index (χ1v) is 7.86. The Kier molecular flexibility index (Phi) is 3.90. The number of rotatable bonds is 4. The number of fused-ring (bicyclic) bond motifs is 1. The highest BCUT2D eigenvalue weighted by molar-refractivity contribution is 7.22. The Hall–Kier alpha value is -1.58. The first-order chi connectivity index (χ1) is 9.74. The van der Waals surface area contributed by atoms with Crippen LogP contribution >= 0.6 is 22.9 Å². The van der Waals surface area contributed by atoms with Crippen LogP contribution in [0.4, 0.5) is 10.8 Å². The molecule has 0 unspecified atom stereocenters. The van der Waals surface area contributed by atoms with Gasteiger partial charge >= 0.3 is 0 Å². The van der Waals surface area contributed by atoms with Gasteiger partial charge in [-0.2, -0.15) is 0 Å². The Labute approximate surface area is 127 Å². The van der Waals surface area contributed by atoms with E-state index in [1.807, 2.05) is 18.2 Å². The molecule has 4 heteroatoms. The van der Waals surface area contributed by atoms with Gasteiger partial charge in [0.1, 0.15) is 0 Å². The molecule has 0 bridgehead atoms. The standard InChI is InChI=1S/C16H15ClN2S/c1-2-3-11-4-7-13(8-5-11)18-16-19-14-10-12(17)6-9-15(14)20-16/h4-10H,2-3H2,1H3,(H,18,19). The van der Waals surface area contributed by atoms with Crippen molar-refractivity contribution in [2.75, 3.05) is 5.32 Å². The minimum absolute atomic E-state index is 0.721. The van der Waals surface area contributed by atoms with Crippen molar-refractivity contribution in [1.29, 1.82) is 0 Å². The van der Waals surface area contributed by atoms with Crippen LogP contribution in [0.25, 0.3) is 10.2 Å². The third-order valence-corrected chi connectivity index (χ3v) is 4.28. The molecule has 0 fully saturated rings. The fraction of sp³-hybridized carbons (Fsp3) is 0.188. The van der Waals surface area contributed by atoms with Gasteiger partial charge < -0.3 is 5.32 Å². The van der Waals surface area contributed by atoms with Crippen LogP contribution in [0.3, 0.4) is 0 Å². The van der Waals surface area contributed by atoms with Gasteiger partial charge in [0.2, 0.25) is 0 Å². The van der Waals surface area contributed by atoms with E-state index in [1.165, 1.54) is 12.0 Å². The first kappa shape index (κ1) is 13.4. The monoisotopic (exact) mass is 302 g/mol. The molecule has 0 radical (unpaired) electrons. The van der Waals surface area contributed by atoms with Gasteiger partial charge in [0.15, 0.2) is 5.13 Å². The summed E-state index contributed by atoms with van der Waals surface area (Å²) in [7, 11) is 0. The van der Waals surface area contributed by atoms with Gasteiger partial charge in [0.25, 0.3) is 0 Å². The number of halogens is 1. The number of hydrogen-bond acceptors (Lipinski definition) is 3. The van der Waals surface area contributed by atoms with Gasteiger partial charge in [0, 0.05) is 10.7 Å². The second-order valence-electron chi connectivity index (χ2n) is 4.70. The first-order valence-electron chi connectivity index (χ1n) is 6.66. The number of nitrogens with zero attached hydrogens (tertiary/aromatic N) is 1. The molecule has 20 heavy (non-hydrogen) atoms.